The minimum atomic E-state index is -0.833. The van der Waals surface area contributed by atoms with Crippen molar-refractivity contribution in [3.63, 3.8) is 0 Å². The van der Waals surface area contributed by atoms with Crippen molar-refractivity contribution in [2.75, 3.05) is 0 Å². The van der Waals surface area contributed by atoms with E-state index in [1.165, 1.54) is 0 Å². The number of hydrogen-bond acceptors (Lipinski definition) is 4. The summed E-state index contributed by atoms with van der Waals surface area (Å²) in [6, 6.07) is 0. The summed E-state index contributed by atoms with van der Waals surface area (Å²) >= 11 is 0. The van der Waals surface area contributed by atoms with Gasteiger partial charge in [0.1, 0.15) is 0 Å². The van der Waals surface area contributed by atoms with E-state index in [2.05, 4.69) is 0 Å². The van der Waals surface area contributed by atoms with E-state index in [1.54, 1.807) is 0 Å². The van der Waals surface area contributed by atoms with Crippen LogP contribution in [-0.2, 0) is 52.4 Å². The Hall–Kier alpha value is -1.12. The summed E-state index contributed by atoms with van der Waals surface area (Å²) in [5, 5.41) is 29.7. The Balaban J connectivity index is -0.0000000257. The molecule has 115 valence electrons. The first-order valence-electron chi connectivity index (χ1n) is 3.71. The summed E-state index contributed by atoms with van der Waals surface area (Å²) in [6.45, 7) is 4.33. The van der Waals surface area contributed by atoms with Crippen LogP contribution in [0.15, 0.2) is 0 Å². The number of aliphatic carboxylic acids is 4. The van der Waals surface area contributed by atoms with Crippen LogP contribution in [0.2, 0.25) is 0 Å². The summed E-state index contributed by atoms with van der Waals surface area (Å²) in [5.74, 6) is -3.33. The molecular formula is C8H16CoNiO8. The number of rotatable bonds is 0. The van der Waals surface area contributed by atoms with Gasteiger partial charge < -0.3 is 20.4 Å². The molecule has 0 unspecified atom stereocenters. The number of carboxylic acid groups (broad SMARTS) is 4. The molecule has 0 amide bonds. The van der Waals surface area contributed by atoms with E-state index in [4.69, 9.17) is 39.6 Å². The van der Waals surface area contributed by atoms with Gasteiger partial charge in [0.15, 0.2) is 0 Å². The Morgan fingerprint density at radius 1 is 0.556 bits per heavy atom. The van der Waals surface area contributed by atoms with Gasteiger partial charge in [0.25, 0.3) is 23.9 Å². The first kappa shape index (κ1) is 36.0. The second kappa shape index (κ2) is 29.7. The molecule has 18 heavy (non-hydrogen) atoms. The Morgan fingerprint density at radius 3 is 0.556 bits per heavy atom. The van der Waals surface area contributed by atoms with Crippen LogP contribution < -0.4 is 0 Å². The largest absolute Gasteiger partial charge is 0.481 e. The fourth-order valence-electron chi connectivity index (χ4n) is 0. The van der Waals surface area contributed by atoms with Gasteiger partial charge in [0.2, 0.25) is 0 Å². The SMILES string of the molecule is CC(=O)O.CC(=O)O.CC(=O)O.CC(=O)O.[Co].[Ni]. The molecule has 0 fully saturated rings. The van der Waals surface area contributed by atoms with Gasteiger partial charge >= 0.3 is 0 Å². The molecule has 0 spiro atoms. The number of carboxylic acids is 4. The van der Waals surface area contributed by atoms with Crippen LogP contribution in [0.25, 0.3) is 0 Å². The van der Waals surface area contributed by atoms with Crippen molar-refractivity contribution in [1.82, 2.24) is 0 Å². The maximum Gasteiger partial charge on any atom is 0.300 e. The third-order valence-electron chi connectivity index (χ3n) is 0. The summed E-state index contributed by atoms with van der Waals surface area (Å²) in [5.41, 5.74) is 0. The first-order chi connectivity index (χ1) is 6.93. The minimum Gasteiger partial charge on any atom is -0.481 e. The van der Waals surface area contributed by atoms with E-state index in [-0.39, 0.29) is 33.3 Å². The van der Waals surface area contributed by atoms with Crippen LogP contribution in [0.4, 0.5) is 0 Å². The maximum atomic E-state index is 9.00. The zero-order valence-electron chi connectivity index (χ0n) is 10.1. The molecule has 0 aliphatic rings. The summed E-state index contributed by atoms with van der Waals surface area (Å²) in [7, 11) is 0. The molecule has 0 aromatic rings. The van der Waals surface area contributed by atoms with Gasteiger partial charge in [0.05, 0.1) is 0 Å². The molecule has 0 heterocycles. The molecule has 0 aliphatic heterocycles. The topological polar surface area (TPSA) is 149 Å². The zero-order valence-corrected chi connectivity index (χ0v) is 12.1. The van der Waals surface area contributed by atoms with E-state index < -0.39 is 23.9 Å². The van der Waals surface area contributed by atoms with Gasteiger partial charge in [-0.15, -0.1) is 0 Å². The molecule has 0 bridgehead atoms. The fourth-order valence-corrected chi connectivity index (χ4v) is 0. The van der Waals surface area contributed by atoms with Crippen molar-refractivity contribution in [2.24, 2.45) is 0 Å². The van der Waals surface area contributed by atoms with Crippen LogP contribution >= 0.6 is 0 Å². The predicted molar refractivity (Wildman–Crippen MR) is 53.2 cm³/mol. The third kappa shape index (κ3) is 2290. The molecule has 0 saturated carbocycles. The van der Waals surface area contributed by atoms with E-state index in [0.717, 1.165) is 27.7 Å². The van der Waals surface area contributed by atoms with Crippen LogP contribution in [0.5, 0.6) is 0 Å². The molecule has 1 radical (unpaired) electrons. The molecule has 8 nitrogen and oxygen atoms in total. The molecule has 0 aromatic carbocycles. The normalized spacial score (nSPS) is 5.56. The van der Waals surface area contributed by atoms with Gasteiger partial charge in [-0.25, -0.2) is 0 Å². The first-order valence-corrected chi connectivity index (χ1v) is 3.71. The molecule has 0 atom stereocenters. The molecular weight excluding hydrogens is 342 g/mol. The van der Waals surface area contributed by atoms with Crippen molar-refractivity contribution in [3.8, 4) is 0 Å². The van der Waals surface area contributed by atoms with Gasteiger partial charge in [-0.1, -0.05) is 0 Å². The molecule has 0 rings (SSSR count). The van der Waals surface area contributed by atoms with E-state index in [0.29, 0.717) is 0 Å². The van der Waals surface area contributed by atoms with Crippen LogP contribution in [0.1, 0.15) is 27.7 Å². The van der Waals surface area contributed by atoms with E-state index in [9.17, 15) is 0 Å². The number of carbonyl (C=O) groups is 4. The molecule has 0 saturated heterocycles. The quantitative estimate of drug-likeness (QED) is 0.454. The van der Waals surface area contributed by atoms with Gasteiger partial charge in [-0.3, -0.25) is 19.2 Å². The summed E-state index contributed by atoms with van der Waals surface area (Å²) in [6.07, 6.45) is 0. The Labute approximate surface area is 125 Å². The van der Waals surface area contributed by atoms with Crippen LogP contribution in [-0.4, -0.2) is 44.3 Å². The van der Waals surface area contributed by atoms with Gasteiger partial charge in [-0.2, -0.15) is 0 Å². The van der Waals surface area contributed by atoms with Crippen LogP contribution in [0.3, 0.4) is 0 Å². The third-order valence-corrected chi connectivity index (χ3v) is 0. The molecule has 4 N–H and O–H groups in total. The smallest absolute Gasteiger partial charge is 0.300 e. The number of hydrogen-bond donors (Lipinski definition) is 4. The minimum absolute atomic E-state index is 0. The molecule has 0 aromatic heterocycles. The van der Waals surface area contributed by atoms with E-state index >= 15 is 0 Å². The zero-order chi connectivity index (χ0) is 14.3. The average molecular weight is 358 g/mol. The van der Waals surface area contributed by atoms with Crippen molar-refractivity contribution in [3.05, 3.63) is 0 Å². The molecule has 0 aliphatic carbocycles. The second-order valence-electron chi connectivity index (χ2n) is 2.08. The standard InChI is InChI=1S/4C2H4O2.Co.Ni/c4*1-2(3)4;;/h4*1H3,(H,3,4);;. The van der Waals surface area contributed by atoms with E-state index in [1.807, 2.05) is 0 Å². The Bertz CT molecular complexity index is 167. The van der Waals surface area contributed by atoms with Crippen molar-refractivity contribution >= 4 is 23.9 Å². The fraction of sp³-hybridized carbons (Fsp3) is 0.500. The monoisotopic (exact) mass is 357 g/mol. The summed E-state index contributed by atoms with van der Waals surface area (Å²) in [4.78, 5) is 36.0. The second-order valence-corrected chi connectivity index (χ2v) is 2.08. The van der Waals surface area contributed by atoms with Gasteiger partial charge in [0, 0.05) is 61.0 Å². The van der Waals surface area contributed by atoms with Crippen molar-refractivity contribution in [2.45, 2.75) is 27.7 Å². The Kier molecular flexibility index (Phi) is 59.3. The predicted octanol–water partition coefficient (Wildman–Crippen LogP) is 0.359. The Morgan fingerprint density at radius 2 is 0.556 bits per heavy atom. The average Bonchev–Trinajstić information content (AvgIpc) is 1.76. The van der Waals surface area contributed by atoms with Gasteiger partial charge in [-0.05, 0) is 0 Å². The molecule has 10 heteroatoms. The van der Waals surface area contributed by atoms with Crippen LogP contribution in [0, 0.1) is 0 Å². The maximum absolute atomic E-state index is 9.00. The van der Waals surface area contributed by atoms with Crippen molar-refractivity contribution < 1.29 is 72.9 Å². The summed E-state index contributed by atoms with van der Waals surface area (Å²) < 4.78 is 0. The van der Waals surface area contributed by atoms with Crippen molar-refractivity contribution in [1.29, 1.82) is 0 Å².